The third kappa shape index (κ3) is 4.08. The molecule has 30 heavy (non-hydrogen) atoms. The molecule has 2 aromatic carbocycles. The molecule has 5 heteroatoms. The molecule has 0 saturated carbocycles. The van der Waals surface area contributed by atoms with Gasteiger partial charge in [-0.2, -0.15) is 0 Å². The maximum atomic E-state index is 13.2. The molecule has 1 heterocycles. The fraction of sp³-hybridized carbons (Fsp3) is 0.280. The summed E-state index contributed by atoms with van der Waals surface area (Å²) in [6.45, 7) is 2.49. The van der Waals surface area contributed by atoms with Crippen LogP contribution in [0.1, 0.15) is 40.9 Å². The van der Waals surface area contributed by atoms with Crippen molar-refractivity contribution in [2.45, 2.75) is 32.6 Å². The minimum absolute atomic E-state index is 0.0751. The quantitative estimate of drug-likeness (QED) is 0.447. The van der Waals surface area contributed by atoms with E-state index in [1.807, 2.05) is 31.2 Å². The van der Waals surface area contributed by atoms with E-state index in [2.05, 4.69) is 11.8 Å². The van der Waals surface area contributed by atoms with Crippen molar-refractivity contribution in [2.75, 3.05) is 6.61 Å². The number of carboxylic acids is 1. The van der Waals surface area contributed by atoms with Gasteiger partial charge in [0.1, 0.15) is 5.75 Å². The first-order valence-electron chi connectivity index (χ1n) is 10.1. The third-order valence-electron chi connectivity index (χ3n) is 5.39. The van der Waals surface area contributed by atoms with E-state index in [1.165, 1.54) is 0 Å². The summed E-state index contributed by atoms with van der Waals surface area (Å²) in [7, 11) is 0. The number of carbonyl (C=O) groups is 2. The van der Waals surface area contributed by atoms with Gasteiger partial charge in [-0.3, -0.25) is 14.2 Å². The van der Waals surface area contributed by atoms with E-state index in [-0.39, 0.29) is 12.3 Å². The average molecular weight is 401 g/mol. The highest BCUT2D eigenvalue weighted by Gasteiger charge is 2.17. The van der Waals surface area contributed by atoms with E-state index >= 15 is 0 Å². The minimum Gasteiger partial charge on any atom is -0.494 e. The lowest BCUT2D eigenvalue weighted by Gasteiger charge is -2.13. The lowest BCUT2D eigenvalue weighted by atomic mass is 9.94. The van der Waals surface area contributed by atoms with E-state index in [1.54, 1.807) is 28.8 Å². The van der Waals surface area contributed by atoms with Crippen LogP contribution in [0.5, 0.6) is 5.75 Å². The van der Waals surface area contributed by atoms with Gasteiger partial charge >= 0.3 is 5.97 Å². The third-order valence-corrected chi connectivity index (χ3v) is 5.39. The fourth-order valence-electron chi connectivity index (χ4n) is 3.77. The Balaban J connectivity index is 1.48. The van der Waals surface area contributed by atoms with Gasteiger partial charge in [0, 0.05) is 29.0 Å². The molecule has 0 spiro atoms. The van der Waals surface area contributed by atoms with Gasteiger partial charge in [0.15, 0.2) is 0 Å². The van der Waals surface area contributed by atoms with E-state index < -0.39 is 5.97 Å². The normalized spacial score (nSPS) is 14.6. The van der Waals surface area contributed by atoms with Crippen LogP contribution in [0.2, 0.25) is 0 Å². The number of hydrogen-bond acceptors (Lipinski definition) is 3. The first kappa shape index (κ1) is 19.8. The summed E-state index contributed by atoms with van der Waals surface area (Å²) in [5.74, 6) is 6.39. The number of carbonyl (C=O) groups excluding carboxylic acids is 1. The van der Waals surface area contributed by atoms with Crippen molar-refractivity contribution in [3.05, 3.63) is 65.4 Å². The number of benzene rings is 2. The van der Waals surface area contributed by atoms with Crippen LogP contribution in [0.15, 0.2) is 48.5 Å². The summed E-state index contributed by atoms with van der Waals surface area (Å²) >= 11 is 0. The van der Waals surface area contributed by atoms with Crippen molar-refractivity contribution in [3.63, 3.8) is 0 Å². The molecule has 1 aliphatic rings. The summed E-state index contributed by atoms with van der Waals surface area (Å²) in [4.78, 5) is 24.3. The van der Waals surface area contributed by atoms with Gasteiger partial charge in [0.25, 0.3) is 5.91 Å². The minimum atomic E-state index is -0.893. The molecule has 1 aliphatic carbocycles. The average Bonchev–Trinajstić information content (AvgIpc) is 3.03. The molecule has 0 aliphatic heterocycles. The summed E-state index contributed by atoms with van der Waals surface area (Å²) in [6, 6.07) is 14.4. The predicted molar refractivity (Wildman–Crippen MR) is 115 cm³/mol. The van der Waals surface area contributed by atoms with E-state index in [0.717, 1.165) is 41.6 Å². The monoisotopic (exact) mass is 401 g/mol. The van der Waals surface area contributed by atoms with Gasteiger partial charge < -0.3 is 9.84 Å². The van der Waals surface area contributed by atoms with Crippen molar-refractivity contribution < 1.29 is 19.4 Å². The van der Waals surface area contributed by atoms with Crippen LogP contribution < -0.4 is 4.74 Å². The zero-order valence-corrected chi connectivity index (χ0v) is 16.9. The molecular weight excluding hydrogens is 378 g/mol. The van der Waals surface area contributed by atoms with Gasteiger partial charge in [-0.15, -0.1) is 5.92 Å². The van der Waals surface area contributed by atoms with Crippen LogP contribution >= 0.6 is 0 Å². The Bertz CT molecular complexity index is 1160. The number of ether oxygens (including phenoxy) is 1. The second-order valence-electron chi connectivity index (χ2n) is 7.58. The van der Waals surface area contributed by atoms with E-state index in [9.17, 15) is 9.59 Å². The smallest absolute Gasteiger partial charge is 0.307 e. The van der Waals surface area contributed by atoms with Crippen LogP contribution in [0.25, 0.3) is 10.9 Å². The van der Waals surface area contributed by atoms with Gasteiger partial charge in [0.05, 0.1) is 18.5 Å². The van der Waals surface area contributed by atoms with E-state index in [0.29, 0.717) is 23.7 Å². The van der Waals surface area contributed by atoms with Crippen LogP contribution in [0, 0.1) is 24.7 Å². The van der Waals surface area contributed by atoms with Crippen LogP contribution in [0.4, 0.5) is 0 Å². The molecule has 152 valence electrons. The summed E-state index contributed by atoms with van der Waals surface area (Å²) in [5.41, 5.74) is 2.74. The predicted octanol–water partition coefficient (Wildman–Crippen LogP) is 4.45. The number of carboxylic acid groups (broad SMARTS) is 1. The molecule has 0 bridgehead atoms. The summed E-state index contributed by atoms with van der Waals surface area (Å²) < 4.78 is 7.41. The molecule has 4 rings (SSSR count). The maximum absolute atomic E-state index is 13.2. The molecule has 0 saturated heterocycles. The van der Waals surface area contributed by atoms with Crippen molar-refractivity contribution in [3.8, 4) is 17.6 Å². The maximum Gasteiger partial charge on any atom is 0.307 e. The number of rotatable bonds is 8. The molecule has 3 aromatic rings. The Morgan fingerprint density at radius 2 is 1.97 bits per heavy atom. The zero-order valence-electron chi connectivity index (χ0n) is 16.9. The number of aliphatic carboxylic acids is 1. The van der Waals surface area contributed by atoms with Gasteiger partial charge in [-0.05, 0) is 61.7 Å². The Labute approximate surface area is 175 Å². The SMILES string of the molecule is Cc1cc2c(CC(=O)O)cccc2n1C(=O)c1ccc(OCCCC2C#CC2)cc1. The molecule has 1 N–H and O–H groups in total. The first-order valence-corrected chi connectivity index (χ1v) is 10.1. The molecule has 0 radical (unpaired) electrons. The van der Waals surface area contributed by atoms with Gasteiger partial charge in [0.2, 0.25) is 0 Å². The number of nitrogens with zero attached hydrogens (tertiary/aromatic N) is 1. The molecule has 0 fully saturated rings. The highest BCUT2D eigenvalue weighted by Crippen LogP contribution is 2.25. The highest BCUT2D eigenvalue weighted by molar-refractivity contribution is 6.04. The molecule has 5 nitrogen and oxygen atoms in total. The number of fused-ring (bicyclic) bond motifs is 1. The van der Waals surface area contributed by atoms with Crippen molar-refractivity contribution in [2.24, 2.45) is 5.92 Å². The van der Waals surface area contributed by atoms with Crippen molar-refractivity contribution in [1.29, 1.82) is 0 Å². The number of aromatic nitrogens is 1. The summed E-state index contributed by atoms with van der Waals surface area (Å²) in [5, 5.41) is 9.94. The standard InChI is InChI=1S/C25H23NO4/c1-17-15-22-20(16-24(27)28)8-3-9-23(22)26(17)25(29)19-10-12-21(13-11-19)30-14-4-7-18-5-2-6-18/h3,8-13,15,18H,4-5,7,14,16H2,1H3,(H,27,28). The largest absolute Gasteiger partial charge is 0.494 e. The second-order valence-corrected chi connectivity index (χ2v) is 7.58. The highest BCUT2D eigenvalue weighted by atomic mass is 16.5. The first-order chi connectivity index (χ1) is 14.5. The fourth-order valence-corrected chi connectivity index (χ4v) is 3.77. The zero-order chi connectivity index (χ0) is 21.1. The van der Waals surface area contributed by atoms with Crippen molar-refractivity contribution >= 4 is 22.8 Å². The lowest BCUT2D eigenvalue weighted by Crippen LogP contribution is -2.13. The van der Waals surface area contributed by atoms with Crippen LogP contribution in [-0.4, -0.2) is 28.2 Å². The van der Waals surface area contributed by atoms with Gasteiger partial charge in [-0.25, -0.2) is 0 Å². The second kappa shape index (κ2) is 8.46. The van der Waals surface area contributed by atoms with E-state index in [4.69, 9.17) is 9.84 Å². The topological polar surface area (TPSA) is 68.5 Å². The van der Waals surface area contributed by atoms with Crippen LogP contribution in [-0.2, 0) is 11.2 Å². The molecule has 1 aromatic heterocycles. The number of aryl methyl sites for hydroxylation is 1. The molecule has 1 unspecified atom stereocenters. The molecule has 0 amide bonds. The Kier molecular flexibility index (Phi) is 5.58. The Hall–Kier alpha value is -3.52. The van der Waals surface area contributed by atoms with Gasteiger partial charge in [-0.1, -0.05) is 18.1 Å². The van der Waals surface area contributed by atoms with Crippen molar-refractivity contribution in [1.82, 2.24) is 4.57 Å². The molecular formula is C25H23NO4. The lowest BCUT2D eigenvalue weighted by molar-refractivity contribution is -0.136. The molecule has 1 atom stereocenters. The van der Waals surface area contributed by atoms with Crippen LogP contribution in [0.3, 0.4) is 0 Å². The Morgan fingerprint density at radius 1 is 1.20 bits per heavy atom. The Morgan fingerprint density at radius 3 is 2.63 bits per heavy atom. The number of hydrogen-bond donors (Lipinski definition) is 1. The summed E-state index contributed by atoms with van der Waals surface area (Å²) in [6.07, 6.45) is 2.96.